The molecule has 6 nitrogen and oxygen atoms in total. The van der Waals surface area contributed by atoms with Crippen LogP contribution in [0.3, 0.4) is 0 Å². The molecule has 0 bridgehead atoms. The van der Waals surface area contributed by atoms with E-state index in [9.17, 15) is 9.18 Å². The molecule has 0 spiro atoms. The summed E-state index contributed by atoms with van der Waals surface area (Å²) in [5.41, 5.74) is 0.928. The lowest BCUT2D eigenvalue weighted by atomic mass is 9.93. The van der Waals surface area contributed by atoms with E-state index < -0.39 is 0 Å². The van der Waals surface area contributed by atoms with Crippen molar-refractivity contribution in [3.8, 4) is 5.75 Å². The largest absolute Gasteiger partial charge is 0.484 e. The number of carbonyl (C=O) groups is 1. The monoisotopic (exact) mass is 358 g/mol. The lowest BCUT2D eigenvalue weighted by Crippen LogP contribution is -2.42. The van der Waals surface area contributed by atoms with Gasteiger partial charge in [-0.3, -0.25) is 9.78 Å². The third-order valence-electron chi connectivity index (χ3n) is 4.54. The molecule has 0 unspecified atom stereocenters. The van der Waals surface area contributed by atoms with Crippen molar-refractivity contribution >= 4 is 11.7 Å². The van der Waals surface area contributed by atoms with Crippen LogP contribution in [0.1, 0.15) is 18.5 Å². The number of anilines is 1. The van der Waals surface area contributed by atoms with E-state index in [1.54, 1.807) is 12.4 Å². The summed E-state index contributed by atoms with van der Waals surface area (Å²) >= 11 is 0. The first kappa shape index (κ1) is 18.1. The number of piperidine rings is 1. The number of rotatable bonds is 6. The number of amides is 1. The summed E-state index contributed by atoms with van der Waals surface area (Å²) in [6.07, 6.45) is 6.16. The summed E-state index contributed by atoms with van der Waals surface area (Å²) in [6, 6.07) is 5.68. The van der Waals surface area contributed by atoms with Crippen LogP contribution in [0.2, 0.25) is 0 Å². The molecule has 1 aliphatic rings. The number of halogens is 1. The number of aromatic nitrogens is 2. The van der Waals surface area contributed by atoms with Crippen LogP contribution in [-0.4, -0.2) is 47.5 Å². The van der Waals surface area contributed by atoms with E-state index in [1.165, 1.54) is 24.3 Å². The van der Waals surface area contributed by atoms with Gasteiger partial charge in [-0.1, -0.05) is 0 Å². The second-order valence-corrected chi connectivity index (χ2v) is 6.40. The van der Waals surface area contributed by atoms with Crippen LogP contribution in [-0.2, 0) is 11.2 Å². The molecule has 0 radical (unpaired) electrons. The lowest BCUT2D eigenvalue weighted by molar-refractivity contribution is -0.135. The molecule has 26 heavy (non-hydrogen) atoms. The molecular weight excluding hydrogens is 335 g/mol. The molecule has 7 heteroatoms. The predicted molar refractivity (Wildman–Crippen MR) is 96.5 cm³/mol. The maximum atomic E-state index is 12.9. The van der Waals surface area contributed by atoms with Crippen molar-refractivity contribution in [2.24, 2.45) is 5.92 Å². The van der Waals surface area contributed by atoms with Crippen LogP contribution in [0.15, 0.2) is 36.7 Å². The van der Waals surface area contributed by atoms with Crippen LogP contribution < -0.4 is 10.1 Å². The van der Waals surface area contributed by atoms with Crippen molar-refractivity contribution in [1.29, 1.82) is 0 Å². The van der Waals surface area contributed by atoms with Crippen LogP contribution in [0.5, 0.6) is 5.75 Å². The van der Waals surface area contributed by atoms with Crippen molar-refractivity contribution in [1.82, 2.24) is 14.9 Å². The molecule has 138 valence electrons. The van der Waals surface area contributed by atoms with Gasteiger partial charge in [-0.05, 0) is 49.4 Å². The molecular formula is C19H23FN4O2. The van der Waals surface area contributed by atoms with Gasteiger partial charge in [0.15, 0.2) is 6.61 Å². The lowest BCUT2D eigenvalue weighted by Gasteiger charge is -2.32. The first-order valence-electron chi connectivity index (χ1n) is 8.79. The van der Waals surface area contributed by atoms with E-state index in [0.29, 0.717) is 18.2 Å². The minimum atomic E-state index is -0.326. The molecule has 0 aliphatic carbocycles. The number of nitrogens with one attached hydrogen (secondary N) is 1. The molecule has 3 rings (SSSR count). The zero-order chi connectivity index (χ0) is 18.4. The van der Waals surface area contributed by atoms with Gasteiger partial charge in [0.1, 0.15) is 17.4 Å². The van der Waals surface area contributed by atoms with Gasteiger partial charge in [0, 0.05) is 32.5 Å². The summed E-state index contributed by atoms with van der Waals surface area (Å²) in [4.78, 5) is 23.0. The van der Waals surface area contributed by atoms with Crippen molar-refractivity contribution in [2.75, 3.05) is 32.1 Å². The Bertz CT molecular complexity index is 739. The standard InChI is InChI=1S/C19H23FN4O2/c1-21-19-17(22-8-9-23-19)11-14-3-2-10-24(12-14)18(25)13-26-16-6-4-15(20)5-7-16/h4-9,14H,2-3,10-13H2,1H3,(H,21,23)/t14-/m0/s1. The van der Waals surface area contributed by atoms with Crippen LogP contribution in [0, 0.1) is 11.7 Å². The van der Waals surface area contributed by atoms with E-state index in [0.717, 1.165) is 37.3 Å². The second-order valence-electron chi connectivity index (χ2n) is 6.40. The van der Waals surface area contributed by atoms with Crippen LogP contribution >= 0.6 is 0 Å². The second kappa shape index (κ2) is 8.60. The first-order valence-corrected chi connectivity index (χ1v) is 8.79. The highest BCUT2D eigenvalue weighted by atomic mass is 19.1. The van der Waals surface area contributed by atoms with Crippen molar-refractivity contribution in [3.63, 3.8) is 0 Å². The fourth-order valence-corrected chi connectivity index (χ4v) is 3.22. The maximum absolute atomic E-state index is 12.9. The predicted octanol–water partition coefficient (Wildman–Crippen LogP) is 2.52. The van der Waals surface area contributed by atoms with E-state index >= 15 is 0 Å². The van der Waals surface area contributed by atoms with Gasteiger partial charge in [0.25, 0.3) is 5.91 Å². The van der Waals surface area contributed by atoms with Gasteiger partial charge in [-0.2, -0.15) is 0 Å². The third kappa shape index (κ3) is 4.68. The van der Waals surface area contributed by atoms with Gasteiger partial charge >= 0.3 is 0 Å². The molecule has 1 N–H and O–H groups in total. The molecule has 0 saturated carbocycles. The number of carbonyl (C=O) groups excluding carboxylic acids is 1. The minimum Gasteiger partial charge on any atom is -0.484 e. The zero-order valence-electron chi connectivity index (χ0n) is 14.8. The fourth-order valence-electron chi connectivity index (χ4n) is 3.22. The Labute approximate surface area is 152 Å². The minimum absolute atomic E-state index is 0.0364. The Morgan fingerprint density at radius 2 is 2.08 bits per heavy atom. The Kier molecular flexibility index (Phi) is 5.99. The molecule has 1 aliphatic heterocycles. The molecule has 1 atom stereocenters. The van der Waals surface area contributed by atoms with Gasteiger partial charge in [-0.15, -0.1) is 0 Å². The van der Waals surface area contributed by atoms with Crippen molar-refractivity contribution in [2.45, 2.75) is 19.3 Å². The smallest absolute Gasteiger partial charge is 0.260 e. The number of ether oxygens (including phenoxy) is 1. The molecule has 1 amide bonds. The van der Waals surface area contributed by atoms with Gasteiger partial charge in [-0.25, -0.2) is 9.37 Å². The Hall–Kier alpha value is -2.70. The van der Waals surface area contributed by atoms with E-state index in [2.05, 4.69) is 15.3 Å². The molecule has 1 aromatic heterocycles. The molecule has 1 aromatic carbocycles. The summed E-state index contributed by atoms with van der Waals surface area (Å²) in [5, 5.41) is 3.06. The number of likely N-dealkylation sites (tertiary alicyclic amines) is 1. The zero-order valence-corrected chi connectivity index (χ0v) is 14.8. The highest BCUT2D eigenvalue weighted by Gasteiger charge is 2.25. The normalized spacial score (nSPS) is 17.0. The SMILES string of the molecule is CNc1nccnc1C[C@@H]1CCCN(C(=O)COc2ccc(F)cc2)C1. The fraction of sp³-hybridized carbons (Fsp3) is 0.421. The van der Waals surface area contributed by atoms with E-state index in [1.807, 2.05) is 11.9 Å². The molecule has 1 saturated heterocycles. The summed E-state index contributed by atoms with van der Waals surface area (Å²) < 4.78 is 18.4. The molecule has 2 aromatic rings. The number of nitrogens with zero attached hydrogens (tertiary/aromatic N) is 3. The van der Waals surface area contributed by atoms with E-state index in [-0.39, 0.29) is 18.3 Å². The van der Waals surface area contributed by atoms with Gasteiger partial charge in [0.2, 0.25) is 0 Å². The average Bonchev–Trinajstić information content (AvgIpc) is 2.68. The highest BCUT2D eigenvalue weighted by Crippen LogP contribution is 2.22. The number of hydrogen-bond acceptors (Lipinski definition) is 5. The molecule has 2 heterocycles. The number of hydrogen-bond donors (Lipinski definition) is 1. The average molecular weight is 358 g/mol. The van der Waals surface area contributed by atoms with Gasteiger partial charge < -0.3 is 15.0 Å². The first-order chi connectivity index (χ1) is 12.7. The quantitative estimate of drug-likeness (QED) is 0.859. The highest BCUT2D eigenvalue weighted by molar-refractivity contribution is 5.77. The summed E-state index contributed by atoms with van der Waals surface area (Å²) in [7, 11) is 1.83. The molecule has 1 fully saturated rings. The van der Waals surface area contributed by atoms with Crippen molar-refractivity contribution in [3.05, 3.63) is 48.2 Å². The van der Waals surface area contributed by atoms with Gasteiger partial charge in [0.05, 0.1) is 5.69 Å². The third-order valence-corrected chi connectivity index (χ3v) is 4.54. The van der Waals surface area contributed by atoms with Crippen molar-refractivity contribution < 1.29 is 13.9 Å². The topological polar surface area (TPSA) is 67.4 Å². The summed E-state index contributed by atoms with van der Waals surface area (Å²) in [5.74, 6) is 1.25. The Morgan fingerprint density at radius 3 is 2.85 bits per heavy atom. The van der Waals surface area contributed by atoms with E-state index in [4.69, 9.17) is 4.74 Å². The Morgan fingerprint density at radius 1 is 1.31 bits per heavy atom. The summed E-state index contributed by atoms with van der Waals surface area (Å²) in [6.45, 7) is 1.39. The Balaban J connectivity index is 1.54. The van der Waals surface area contributed by atoms with Crippen LogP contribution in [0.4, 0.5) is 10.2 Å². The maximum Gasteiger partial charge on any atom is 0.260 e. The van der Waals surface area contributed by atoms with Crippen LogP contribution in [0.25, 0.3) is 0 Å². The number of benzene rings is 1.